The zero-order valence-electron chi connectivity index (χ0n) is 45.7. The van der Waals surface area contributed by atoms with Gasteiger partial charge in [-0.15, -0.1) is 0 Å². The highest BCUT2D eigenvalue weighted by Gasteiger charge is 2.72. The van der Waals surface area contributed by atoms with Gasteiger partial charge in [-0.2, -0.15) is 0 Å². The summed E-state index contributed by atoms with van der Waals surface area (Å²) in [4.78, 5) is 0. The van der Waals surface area contributed by atoms with Gasteiger partial charge in [0.25, 0.3) is 0 Å². The number of hydrogen-bond donors (Lipinski definition) is 16. The average molecular weight is 1120 g/mol. The van der Waals surface area contributed by atoms with Gasteiger partial charge in [0.2, 0.25) is 0 Å². The molecule has 0 aromatic rings. The Balaban J connectivity index is 0.972. The highest BCUT2D eigenvalue weighted by molar-refractivity contribution is 5.36. The van der Waals surface area contributed by atoms with Crippen LogP contribution in [0.1, 0.15) is 99.8 Å². The molecule has 24 nitrogen and oxygen atoms in total. The Hall–Kier alpha value is -1.22. The predicted molar refractivity (Wildman–Crippen MR) is 265 cm³/mol. The number of allylic oxidation sites excluding steroid dienone is 2. The minimum Gasteiger partial charge on any atom is -0.394 e. The van der Waals surface area contributed by atoms with Crippen molar-refractivity contribution in [3.05, 3.63) is 11.6 Å². The van der Waals surface area contributed by atoms with E-state index in [1.807, 2.05) is 0 Å². The van der Waals surface area contributed by atoms with Crippen LogP contribution in [0.5, 0.6) is 0 Å². The Bertz CT molecular complexity index is 2100. The zero-order valence-corrected chi connectivity index (χ0v) is 45.7. The second kappa shape index (κ2) is 22.3. The van der Waals surface area contributed by atoms with E-state index in [4.69, 9.17) is 37.9 Å². The summed E-state index contributed by atoms with van der Waals surface area (Å²) >= 11 is 0. The van der Waals surface area contributed by atoms with Crippen LogP contribution >= 0.6 is 0 Å². The summed E-state index contributed by atoms with van der Waals surface area (Å²) in [5.74, 6) is -0.257. The van der Waals surface area contributed by atoms with E-state index in [1.54, 1.807) is 0 Å². The van der Waals surface area contributed by atoms with Crippen LogP contribution in [0.25, 0.3) is 0 Å². The molecule has 4 heterocycles. The lowest BCUT2D eigenvalue weighted by Gasteiger charge is -2.72. The first-order chi connectivity index (χ1) is 36.5. The molecule has 0 unspecified atom stereocenters. The minimum atomic E-state index is -1.95. The molecule has 4 saturated carbocycles. The van der Waals surface area contributed by atoms with Gasteiger partial charge in [-0.05, 0) is 96.2 Å². The Kier molecular flexibility index (Phi) is 17.6. The summed E-state index contributed by atoms with van der Waals surface area (Å²) in [6, 6.07) is 0. The van der Waals surface area contributed by atoms with E-state index in [9.17, 15) is 81.7 Å². The van der Waals surface area contributed by atoms with Crippen LogP contribution in [0.4, 0.5) is 0 Å². The Labute approximate surface area is 454 Å². The number of hydrogen-bond acceptors (Lipinski definition) is 24. The maximum Gasteiger partial charge on any atom is 0.187 e. The summed E-state index contributed by atoms with van der Waals surface area (Å²) in [6.07, 6.45) is -29.3. The Morgan fingerprint density at radius 1 is 0.487 bits per heavy atom. The quantitative estimate of drug-likeness (QED) is 0.0625. The molecular formula is C54H90O24. The lowest BCUT2D eigenvalue weighted by molar-refractivity contribution is -0.398. The molecule has 4 aliphatic heterocycles. The van der Waals surface area contributed by atoms with E-state index in [1.165, 1.54) is 0 Å². The predicted octanol–water partition coefficient (Wildman–Crippen LogP) is -3.62. The smallest absolute Gasteiger partial charge is 0.187 e. The molecule has 450 valence electrons. The van der Waals surface area contributed by atoms with E-state index in [2.05, 4.69) is 54.5 Å². The molecule has 0 spiro atoms. The van der Waals surface area contributed by atoms with E-state index in [-0.39, 0.29) is 40.6 Å². The fourth-order valence-electron chi connectivity index (χ4n) is 16.8. The van der Waals surface area contributed by atoms with Crippen LogP contribution in [0, 0.1) is 50.2 Å². The summed E-state index contributed by atoms with van der Waals surface area (Å²) < 4.78 is 48.7. The normalized spacial score (nSPS) is 54.9. The average Bonchev–Trinajstić information content (AvgIpc) is 2.29. The third kappa shape index (κ3) is 9.80. The van der Waals surface area contributed by atoms with Crippen LogP contribution in [-0.2, 0) is 37.9 Å². The molecule has 5 aliphatic carbocycles. The van der Waals surface area contributed by atoms with E-state index in [0.29, 0.717) is 38.5 Å². The van der Waals surface area contributed by atoms with Gasteiger partial charge >= 0.3 is 0 Å². The third-order valence-corrected chi connectivity index (χ3v) is 21.6. The molecule has 78 heavy (non-hydrogen) atoms. The molecule has 0 bridgehead atoms. The lowest BCUT2D eigenvalue weighted by atomic mass is 9.33. The summed E-state index contributed by atoms with van der Waals surface area (Å²) in [5.41, 5.74) is -2.30. The molecule has 8 fully saturated rings. The molecule has 0 radical (unpaired) electrons. The van der Waals surface area contributed by atoms with Gasteiger partial charge in [-0.1, -0.05) is 60.1 Å². The molecule has 0 aromatic carbocycles. The topological polar surface area (TPSA) is 398 Å². The van der Waals surface area contributed by atoms with Crippen LogP contribution in [0.2, 0.25) is 0 Å². The van der Waals surface area contributed by atoms with Gasteiger partial charge in [0, 0.05) is 0 Å². The van der Waals surface area contributed by atoms with E-state index in [0.717, 1.165) is 18.4 Å². The van der Waals surface area contributed by atoms with Crippen LogP contribution in [-0.4, -0.2) is 256 Å². The summed E-state index contributed by atoms with van der Waals surface area (Å²) in [5, 5.41) is 174. The number of aliphatic hydroxyl groups is 16. The summed E-state index contributed by atoms with van der Waals surface area (Å²) in [7, 11) is 0. The van der Waals surface area contributed by atoms with E-state index < -0.39 is 184 Å². The van der Waals surface area contributed by atoms with Gasteiger partial charge in [-0.25, -0.2) is 0 Å². The summed E-state index contributed by atoms with van der Waals surface area (Å²) in [6.45, 7) is 12.1. The second-order valence-corrected chi connectivity index (χ2v) is 26.6. The minimum absolute atomic E-state index is 0.0161. The standard InChI is InChI=1S/C54H90O24/c1-49(2)14-23-22-8-9-29-51(5)12-11-32(50(3,4)28(51)10-13-52(29,6)53(22,7)16-31(60)54(23,30(59)15-49)21-71-45-41(69)37(65)33(61)24(17-55)72-45)76-47-43(39(67)35(63)26(19-57)74-47)78-48-44(40(68)36(64)27(20-58)75-48)77-46-42(70)38(66)34(62)25(18-56)73-46/h8,23-48,55-70H,9-21H2,1-7H3/t23-,24+,25+,26+,27+,28-,29+,30-,31+,32-,33+,34+,35+,36+,37-,38-,39-,40-,41+,42+,43+,44+,45+,46-,47-,48-,51-,52+,53+,54+/m0/s1. The molecular weight excluding hydrogens is 1030 g/mol. The Morgan fingerprint density at radius 3 is 1.49 bits per heavy atom. The van der Waals surface area contributed by atoms with Gasteiger partial charge in [-0.3, -0.25) is 0 Å². The van der Waals surface area contributed by atoms with Gasteiger partial charge < -0.3 is 120 Å². The number of rotatable bonds is 13. The molecule has 0 aromatic heterocycles. The van der Waals surface area contributed by atoms with Crippen molar-refractivity contribution in [1.29, 1.82) is 0 Å². The van der Waals surface area contributed by atoms with Crippen molar-refractivity contribution >= 4 is 0 Å². The van der Waals surface area contributed by atoms with Crippen LogP contribution in [0.3, 0.4) is 0 Å². The molecule has 30 atom stereocenters. The zero-order chi connectivity index (χ0) is 57.1. The van der Waals surface area contributed by atoms with Crippen molar-refractivity contribution in [1.82, 2.24) is 0 Å². The first kappa shape index (κ1) is 61.3. The van der Waals surface area contributed by atoms with Crippen LogP contribution in [0.15, 0.2) is 11.6 Å². The molecule has 9 aliphatic rings. The van der Waals surface area contributed by atoms with Gasteiger partial charge in [0.05, 0.1) is 56.8 Å². The molecule has 16 N–H and O–H groups in total. The van der Waals surface area contributed by atoms with Crippen molar-refractivity contribution in [3.63, 3.8) is 0 Å². The number of aliphatic hydroxyl groups excluding tert-OH is 16. The molecule has 4 saturated heterocycles. The van der Waals surface area contributed by atoms with Crippen molar-refractivity contribution in [3.8, 4) is 0 Å². The fourth-order valence-corrected chi connectivity index (χ4v) is 16.8. The maximum atomic E-state index is 12.8. The third-order valence-electron chi connectivity index (χ3n) is 21.6. The second-order valence-electron chi connectivity index (χ2n) is 26.6. The molecule has 0 amide bonds. The number of ether oxygens (including phenoxy) is 8. The van der Waals surface area contributed by atoms with Gasteiger partial charge in [0.15, 0.2) is 25.2 Å². The molecule has 24 heteroatoms. The highest BCUT2D eigenvalue weighted by Crippen LogP contribution is 2.76. The molecule has 9 rings (SSSR count). The fraction of sp³-hybridized carbons (Fsp3) is 0.963. The first-order valence-electron chi connectivity index (χ1n) is 28.0. The first-order valence-corrected chi connectivity index (χ1v) is 28.0. The number of fused-ring (bicyclic) bond motifs is 7. The largest absolute Gasteiger partial charge is 0.394 e. The van der Waals surface area contributed by atoms with E-state index >= 15 is 0 Å². The van der Waals surface area contributed by atoms with Crippen molar-refractivity contribution in [2.45, 2.75) is 241 Å². The highest BCUT2D eigenvalue weighted by atomic mass is 16.8. The van der Waals surface area contributed by atoms with Crippen molar-refractivity contribution in [2.75, 3.05) is 33.0 Å². The Morgan fingerprint density at radius 2 is 0.949 bits per heavy atom. The van der Waals surface area contributed by atoms with Crippen molar-refractivity contribution < 1.29 is 120 Å². The SMILES string of the molecule is CC1(C)C[C@H](O)[C@]2(CO[C@@H]3O[C@H](CO)[C@@H](O)[C@H](O)[C@H]3O)[C@H](O)C[C@]3(C)C(=CC[C@@H]4[C@@]5(C)CC[C@H](O[C@@H]6O[C@H](CO)[C@@H](O)[C@H](O)[C@H]6O[C@@H]6O[C@H](CO)[C@@H](O)[C@H](O)[C@H]6O[C@@H]6O[C@H](CO)[C@@H](O)[C@H](O)[C@H]6O)C(C)(C)[C@@H]5CC[C@]43C)[C@@H]2C1. The lowest BCUT2D eigenvalue weighted by Crippen LogP contribution is -2.70. The maximum absolute atomic E-state index is 12.8. The monoisotopic (exact) mass is 1120 g/mol. The van der Waals surface area contributed by atoms with Crippen LogP contribution < -0.4 is 0 Å². The van der Waals surface area contributed by atoms with Crippen molar-refractivity contribution in [2.24, 2.45) is 50.2 Å². The van der Waals surface area contributed by atoms with Gasteiger partial charge in [0.1, 0.15) is 97.7 Å².